The van der Waals surface area contributed by atoms with E-state index < -0.39 is 245 Å². The number of aliphatic carboxylic acids is 1. The number of phenolic OH excluding ortho intramolecular Hbond substituents is 1. The minimum atomic E-state index is -2.06. The van der Waals surface area contributed by atoms with Gasteiger partial charge in [-0.15, -0.1) is 11.8 Å². The van der Waals surface area contributed by atoms with Crippen molar-refractivity contribution in [2.45, 2.75) is 251 Å². The van der Waals surface area contributed by atoms with Gasteiger partial charge in [-0.3, -0.25) is 86.9 Å². The van der Waals surface area contributed by atoms with Crippen molar-refractivity contribution in [3.63, 3.8) is 0 Å². The summed E-state index contributed by atoms with van der Waals surface area (Å²) in [5, 5.41) is 80.2. The van der Waals surface area contributed by atoms with E-state index in [1.807, 2.05) is 42.5 Å². The Hall–Kier alpha value is -14.0. The molecule has 0 aliphatic carbocycles. The number of H-pyrrole nitrogens is 1. The van der Waals surface area contributed by atoms with Gasteiger partial charge in [-0.2, -0.15) is 0 Å². The van der Waals surface area contributed by atoms with E-state index in [-0.39, 0.29) is 75.5 Å². The van der Waals surface area contributed by atoms with Crippen LogP contribution in [0.1, 0.15) is 151 Å². The fourth-order valence-electron chi connectivity index (χ4n) is 15.4. The molecule has 17 atom stereocenters. The van der Waals surface area contributed by atoms with Crippen molar-refractivity contribution in [3.8, 4) is 16.9 Å². The number of guanidine groups is 1. The molecule has 1 aliphatic heterocycles. The number of aromatic amines is 1. The average molecular weight is 1950 g/mol. The number of nitrogens with one attached hydrogen (secondary N) is 17. The summed E-state index contributed by atoms with van der Waals surface area (Å²) in [5.41, 5.74) is 15.1. The Labute approximate surface area is 812 Å². The molecule has 1 saturated heterocycles. The van der Waals surface area contributed by atoms with Crippen molar-refractivity contribution in [1.82, 2.24) is 89.6 Å². The Morgan fingerprint density at radius 2 is 0.899 bits per heavy atom. The molecule has 139 heavy (non-hydrogen) atoms. The molecular formula is C98H136N20O20S. The monoisotopic (exact) mass is 1940 g/mol. The van der Waals surface area contributed by atoms with Gasteiger partial charge >= 0.3 is 5.97 Å². The van der Waals surface area contributed by atoms with Crippen LogP contribution in [0, 0.1) is 35.0 Å². The average Bonchev–Trinajstić information content (AvgIpc) is 1.70. The molecule has 40 nitrogen and oxygen atoms in total. The fourth-order valence-corrected chi connectivity index (χ4v) is 16.2. The maximum absolute atomic E-state index is 15.5. The Bertz CT molecular complexity index is 5260. The molecular weight excluding hydrogens is 1810 g/mol. The number of aromatic nitrogens is 1. The molecule has 0 bridgehead atoms. The van der Waals surface area contributed by atoms with E-state index in [1.165, 1.54) is 45.2 Å². The number of carboxylic acids is 1. The molecule has 2 heterocycles. The highest BCUT2D eigenvalue weighted by Crippen LogP contribution is 2.25. The van der Waals surface area contributed by atoms with Crippen LogP contribution in [-0.4, -0.2) is 253 Å². The van der Waals surface area contributed by atoms with Gasteiger partial charge < -0.3 is 116 Å². The SMILES string of the molecule is CC[C@H](C)[C@@H]1NC(=O)[C@H](Cc2ccc(-c3ccccc3)cc2)NC(=O)[C@H](C(C)C)NC(=O)[C@H](Cc2c[nH]c3ccccc23)NC(=O)[C@H](CC(=O)O)NC(=O)[C@H](Cc2ccc(O)cc2)NC(=O)[C@H](Cc2ccccc2)NC(=O)CSC[C@@H](C(=O)N[C@@H](C)C(N)=O)NC(=O)[C@H]([C@@H](C)O)NC(=O)[C@H](C(C)C)NC(=O)[C@H](CC(C)C)NC(=O)[C@H](CCCNC(=N)N)NC(=O)[C@@H](CC(C)C)NC(=O)[C@H](C)N(C)C1=O. The van der Waals surface area contributed by atoms with Crippen LogP contribution in [0.3, 0.4) is 0 Å². The predicted molar refractivity (Wildman–Crippen MR) is 522 cm³/mol. The molecule has 24 N–H and O–H groups in total. The number of carbonyl (C=O) groups is 17. The number of likely N-dealkylation sites (N-methyl/N-ethyl adjacent to an activating group) is 1. The van der Waals surface area contributed by atoms with Crippen LogP contribution in [-0.2, 0) is 107 Å². The summed E-state index contributed by atoms with van der Waals surface area (Å²) >= 11 is 0.715. The minimum Gasteiger partial charge on any atom is -0.508 e. The van der Waals surface area contributed by atoms with E-state index >= 15 is 33.6 Å². The smallest absolute Gasteiger partial charge is 0.305 e. The molecule has 1 aliphatic rings. The van der Waals surface area contributed by atoms with E-state index in [0.717, 1.165) is 23.0 Å². The van der Waals surface area contributed by atoms with E-state index in [1.54, 1.807) is 142 Å². The van der Waals surface area contributed by atoms with Gasteiger partial charge in [0.1, 0.15) is 96.4 Å². The van der Waals surface area contributed by atoms with E-state index in [2.05, 4.69) is 84.7 Å². The molecule has 0 saturated carbocycles. The lowest BCUT2D eigenvalue weighted by Gasteiger charge is -2.33. The highest BCUT2D eigenvalue weighted by molar-refractivity contribution is 8.00. The van der Waals surface area contributed by atoms with Gasteiger partial charge in [0.2, 0.25) is 94.5 Å². The Balaban J connectivity index is 1.34. The van der Waals surface area contributed by atoms with Crippen LogP contribution >= 0.6 is 11.8 Å². The summed E-state index contributed by atoms with van der Waals surface area (Å²) < 4.78 is 0. The van der Waals surface area contributed by atoms with Gasteiger partial charge in [-0.1, -0.05) is 191 Å². The number of aliphatic hydroxyl groups is 1. The first kappa shape index (κ1) is 112. The minimum absolute atomic E-state index is 0.0225. The zero-order valence-electron chi connectivity index (χ0n) is 80.9. The number of rotatable bonds is 27. The largest absolute Gasteiger partial charge is 0.508 e. The lowest BCUT2D eigenvalue weighted by atomic mass is 9.95. The summed E-state index contributed by atoms with van der Waals surface area (Å²) in [6, 6.07) is 13.1. The van der Waals surface area contributed by atoms with Crippen LogP contribution in [0.15, 0.2) is 140 Å². The van der Waals surface area contributed by atoms with Crippen molar-refractivity contribution in [2.24, 2.45) is 41.1 Å². The number of thioether (sulfide) groups is 1. The van der Waals surface area contributed by atoms with Gasteiger partial charge in [-0.25, -0.2) is 0 Å². The van der Waals surface area contributed by atoms with Crippen molar-refractivity contribution < 1.29 is 96.8 Å². The number of phenols is 1. The number of amides is 16. The van der Waals surface area contributed by atoms with E-state index in [9.17, 15) is 63.3 Å². The number of aliphatic hydroxyl groups excluding tert-OH is 1. The number of aromatic hydroxyl groups is 1. The third-order valence-corrected chi connectivity index (χ3v) is 24.7. The molecule has 0 spiro atoms. The number of benzene rings is 5. The van der Waals surface area contributed by atoms with E-state index in [4.69, 9.17) is 16.9 Å². The highest BCUT2D eigenvalue weighted by atomic mass is 32.2. The lowest BCUT2D eigenvalue weighted by molar-refractivity contribution is -0.143. The number of nitrogens with zero attached hydrogens (tertiary/aromatic N) is 1. The van der Waals surface area contributed by atoms with Crippen LogP contribution in [0.2, 0.25) is 0 Å². The molecule has 6 aromatic rings. The van der Waals surface area contributed by atoms with Gasteiger partial charge in [0.25, 0.3) is 0 Å². The van der Waals surface area contributed by atoms with Crippen molar-refractivity contribution in [3.05, 3.63) is 162 Å². The second kappa shape index (κ2) is 54.2. The normalized spacial score (nSPS) is 23.5. The molecule has 0 radical (unpaired) electrons. The summed E-state index contributed by atoms with van der Waals surface area (Å²) in [4.78, 5) is 254. The zero-order chi connectivity index (χ0) is 103. The number of nitrogens with two attached hydrogens (primary N) is 2. The van der Waals surface area contributed by atoms with Gasteiger partial charge in [0.15, 0.2) is 5.96 Å². The summed E-state index contributed by atoms with van der Waals surface area (Å²) in [5.74, 6) is -22.1. The molecule has 1 aromatic heterocycles. The molecule has 16 amide bonds. The first-order chi connectivity index (χ1) is 65.7. The van der Waals surface area contributed by atoms with E-state index in [0.29, 0.717) is 44.9 Å². The Kier molecular flexibility index (Phi) is 43.7. The number of hydrogen-bond donors (Lipinski definition) is 22. The fraction of sp³-hybridized carbons (Fsp3) is 0.490. The number of hydrogen-bond acceptors (Lipinski definition) is 21. The van der Waals surface area contributed by atoms with Crippen LogP contribution in [0.5, 0.6) is 5.75 Å². The predicted octanol–water partition coefficient (Wildman–Crippen LogP) is 1.27. The number of carboxylic acid groups (broad SMARTS) is 1. The van der Waals surface area contributed by atoms with Gasteiger partial charge in [0.05, 0.1) is 18.3 Å². The first-order valence-electron chi connectivity index (χ1n) is 46.6. The number of primary amides is 1. The third kappa shape index (κ3) is 35.2. The highest BCUT2D eigenvalue weighted by Gasteiger charge is 2.42. The third-order valence-electron chi connectivity index (χ3n) is 23.7. The lowest BCUT2D eigenvalue weighted by Crippen LogP contribution is -2.63. The second-order valence-electron chi connectivity index (χ2n) is 36.7. The number of carbonyl (C=O) groups excluding carboxylic acids is 16. The zero-order valence-corrected chi connectivity index (χ0v) is 81.7. The molecule has 41 heteroatoms. The van der Waals surface area contributed by atoms with Crippen LogP contribution < -0.4 is 91.2 Å². The maximum atomic E-state index is 15.5. The van der Waals surface area contributed by atoms with Crippen LogP contribution in [0.4, 0.5) is 0 Å². The summed E-state index contributed by atoms with van der Waals surface area (Å²) in [6.45, 7) is 20.5. The van der Waals surface area contributed by atoms with Gasteiger partial charge in [-0.05, 0) is 128 Å². The summed E-state index contributed by atoms with van der Waals surface area (Å²) in [7, 11) is 1.32. The second-order valence-corrected chi connectivity index (χ2v) is 37.7. The number of fused-ring (bicyclic) bond motifs is 1. The molecule has 5 aromatic carbocycles. The quantitative estimate of drug-likeness (QED) is 0.0196. The molecule has 1 fully saturated rings. The maximum Gasteiger partial charge on any atom is 0.305 e. The number of para-hydroxylation sites is 1. The van der Waals surface area contributed by atoms with Crippen molar-refractivity contribution in [1.29, 1.82) is 5.41 Å². The van der Waals surface area contributed by atoms with Gasteiger partial charge in [0, 0.05) is 62.1 Å². The Morgan fingerprint density at radius 3 is 1.42 bits per heavy atom. The first-order valence-corrected chi connectivity index (χ1v) is 47.7. The van der Waals surface area contributed by atoms with Crippen molar-refractivity contribution >= 4 is 129 Å². The molecule has 7 rings (SSSR count). The topological polar surface area (TPSA) is 626 Å². The standard InChI is InChI=1S/C98H136N20O20S/c1-15-55(10)81-97(138)118(14)57(12)84(125)107-69(41-51(2)3)86(127)106-68(31-24-40-102-98(100)101)85(126)108-70(42-52(4)5)90(131)115-80(54(8)9)95(136)117-82(58(13)119)96(137)113-76(93(134)104-56(11)83(99)124)49-139-50-77(121)105-71(43-59-25-18-16-19-26-59)87(128)109-72(45-61-34-38-65(120)39-35-61)88(129)111-75(47-78(122)123)89(130)110-74(46-64-48-103-67-30-23-22-29-66(64)67)92(133)114-79(53(6)7)94(135)112-73(91(132)116-81)44-60-32-36-63(37-33-60)62-27-20-17-21-28-62/h16-23,25-30,32-39,48,51-58,68-76,79-82,103,119-120H,15,24,31,40-47,49-50H2,1-14H3,(H2,99,124)(H,104,134)(H,105,121)(H,106,127)(H,107,125)(H,108,126)(H,109,128)(H,110,130)(H,111,129)(H,112,135)(H,113,137)(H,114,133)(H,115,131)(H,116,132)(H,117,136)(H,122,123)(H4,100,101,102)/t55-,56-,57-,58+,68-,69+,70-,71-,72-,73-,74-,75-,76-,79-,80-,81-,82-/m0/s1. The van der Waals surface area contributed by atoms with Crippen molar-refractivity contribution in [2.75, 3.05) is 25.1 Å². The summed E-state index contributed by atoms with van der Waals surface area (Å²) in [6.07, 6.45) is -2.54. The van der Waals surface area contributed by atoms with Crippen LogP contribution in [0.25, 0.3) is 22.0 Å². The molecule has 754 valence electrons. The Morgan fingerprint density at radius 1 is 0.482 bits per heavy atom. The molecule has 0 unspecified atom stereocenters.